The summed E-state index contributed by atoms with van der Waals surface area (Å²) in [4.78, 5) is 12.4. The van der Waals surface area contributed by atoms with Crippen LogP contribution in [0.2, 0.25) is 5.02 Å². The van der Waals surface area contributed by atoms with Crippen LogP contribution in [0.25, 0.3) is 0 Å². The zero-order valence-corrected chi connectivity index (χ0v) is 20.3. The number of hydrogen-bond acceptors (Lipinski definition) is 4. The maximum absolute atomic E-state index is 12.9. The molecule has 3 rings (SSSR count). The van der Waals surface area contributed by atoms with Gasteiger partial charge in [0.05, 0.1) is 10.7 Å². The van der Waals surface area contributed by atoms with Gasteiger partial charge in [-0.05, 0) is 49.2 Å². The molecule has 2 N–H and O–H groups in total. The fourth-order valence-electron chi connectivity index (χ4n) is 3.07. The lowest BCUT2D eigenvalue weighted by Crippen LogP contribution is -2.26. The Kier molecular flexibility index (Phi) is 8.23. The number of nitrogens with one attached hydrogen (secondary N) is 2. The number of halogens is 1. The lowest BCUT2D eigenvalue weighted by molar-refractivity contribution is 0.0956. The summed E-state index contributed by atoms with van der Waals surface area (Å²) in [6.07, 6.45) is 0. The second-order valence-corrected chi connectivity index (χ2v) is 10.5. The van der Waals surface area contributed by atoms with Crippen LogP contribution >= 0.6 is 23.4 Å². The Morgan fingerprint density at radius 1 is 1.00 bits per heavy atom. The summed E-state index contributed by atoms with van der Waals surface area (Å²) in [6.45, 7) is 4.34. The van der Waals surface area contributed by atoms with Gasteiger partial charge in [0.2, 0.25) is 0 Å². The molecule has 3 aromatic rings. The Morgan fingerprint density at radius 2 is 1.78 bits per heavy atom. The van der Waals surface area contributed by atoms with Gasteiger partial charge in [0.15, 0.2) is 0 Å². The molecule has 0 aromatic heterocycles. The maximum Gasteiger partial charge on any atom is 0.263 e. The molecule has 3 aromatic carbocycles. The summed E-state index contributed by atoms with van der Waals surface area (Å²) in [5, 5.41) is 2.89. The molecule has 0 aliphatic rings. The van der Waals surface area contributed by atoms with E-state index in [1.54, 1.807) is 36.9 Å². The molecule has 0 fully saturated rings. The molecule has 1 amide bonds. The van der Waals surface area contributed by atoms with E-state index in [0.717, 1.165) is 17.1 Å². The summed E-state index contributed by atoms with van der Waals surface area (Å²) in [5.41, 5.74) is 3.95. The van der Waals surface area contributed by atoms with Gasteiger partial charge >= 0.3 is 0 Å². The average molecular weight is 489 g/mol. The minimum Gasteiger partial charge on any atom is -0.351 e. The number of aryl methyl sites for hydroxylation is 2. The second kappa shape index (κ2) is 10.9. The normalized spacial score (nSPS) is 11.2. The van der Waals surface area contributed by atoms with Gasteiger partial charge in [-0.1, -0.05) is 59.6 Å². The number of carbonyl (C=O) groups excluding carboxylic acids is 1. The highest BCUT2D eigenvalue weighted by molar-refractivity contribution is 7.98. The van der Waals surface area contributed by atoms with Crippen LogP contribution in [0, 0.1) is 13.8 Å². The molecule has 0 bridgehead atoms. The van der Waals surface area contributed by atoms with E-state index in [1.807, 2.05) is 12.1 Å². The molecule has 32 heavy (non-hydrogen) atoms. The number of carbonyl (C=O) groups is 1. The summed E-state index contributed by atoms with van der Waals surface area (Å²) in [6, 6.07) is 19.6. The first-order valence-corrected chi connectivity index (χ1v) is 13.1. The van der Waals surface area contributed by atoms with Crippen LogP contribution < -0.4 is 10.0 Å². The van der Waals surface area contributed by atoms with Crippen molar-refractivity contribution in [1.29, 1.82) is 0 Å². The highest BCUT2D eigenvalue weighted by Gasteiger charge is 2.21. The summed E-state index contributed by atoms with van der Waals surface area (Å²) in [7, 11) is -3.95. The van der Waals surface area contributed by atoms with E-state index in [0.29, 0.717) is 12.2 Å². The van der Waals surface area contributed by atoms with E-state index < -0.39 is 10.0 Å². The predicted molar refractivity (Wildman–Crippen MR) is 133 cm³/mol. The van der Waals surface area contributed by atoms with Crippen molar-refractivity contribution in [2.45, 2.75) is 24.5 Å². The van der Waals surface area contributed by atoms with Gasteiger partial charge in [-0.15, -0.1) is 0 Å². The van der Waals surface area contributed by atoms with Crippen LogP contribution in [0.1, 0.15) is 27.0 Å². The first-order chi connectivity index (χ1) is 15.3. The zero-order chi connectivity index (χ0) is 23.1. The minimum absolute atomic E-state index is 0.0522. The molecule has 8 heteroatoms. The van der Waals surface area contributed by atoms with Crippen LogP contribution in [-0.4, -0.2) is 26.6 Å². The van der Waals surface area contributed by atoms with Gasteiger partial charge in [-0.3, -0.25) is 9.52 Å². The molecule has 168 valence electrons. The Balaban J connectivity index is 1.60. The van der Waals surface area contributed by atoms with Gasteiger partial charge < -0.3 is 5.32 Å². The van der Waals surface area contributed by atoms with E-state index in [2.05, 4.69) is 35.2 Å². The Bertz CT molecular complexity index is 1210. The van der Waals surface area contributed by atoms with Crippen LogP contribution in [-0.2, 0) is 15.8 Å². The van der Waals surface area contributed by atoms with Gasteiger partial charge in [-0.2, -0.15) is 11.8 Å². The Hall–Kier alpha value is -2.48. The van der Waals surface area contributed by atoms with Crippen molar-refractivity contribution in [3.63, 3.8) is 0 Å². The summed E-state index contributed by atoms with van der Waals surface area (Å²) in [5.74, 6) is 1.27. The van der Waals surface area contributed by atoms with Crippen molar-refractivity contribution in [3.8, 4) is 0 Å². The molecule has 5 nitrogen and oxygen atoms in total. The largest absolute Gasteiger partial charge is 0.351 e. The van der Waals surface area contributed by atoms with Crippen molar-refractivity contribution >= 4 is 45.0 Å². The van der Waals surface area contributed by atoms with Crippen molar-refractivity contribution in [2.24, 2.45) is 0 Å². The minimum atomic E-state index is -3.95. The van der Waals surface area contributed by atoms with E-state index in [4.69, 9.17) is 11.6 Å². The topological polar surface area (TPSA) is 75.3 Å². The molecule has 0 heterocycles. The Morgan fingerprint density at radius 3 is 2.53 bits per heavy atom. The number of sulfonamides is 1. The average Bonchev–Trinajstić information content (AvgIpc) is 2.75. The summed E-state index contributed by atoms with van der Waals surface area (Å²) >= 11 is 7.88. The molecule has 0 spiro atoms. The van der Waals surface area contributed by atoms with Crippen molar-refractivity contribution < 1.29 is 13.2 Å². The van der Waals surface area contributed by atoms with E-state index >= 15 is 0 Å². The lowest BCUT2D eigenvalue weighted by atomic mass is 10.2. The first kappa shape index (κ1) is 24.2. The zero-order valence-electron chi connectivity index (χ0n) is 17.9. The molecular formula is C24H25ClN2O3S2. The third kappa shape index (κ3) is 6.51. The van der Waals surface area contributed by atoms with E-state index in [1.165, 1.54) is 29.3 Å². The van der Waals surface area contributed by atoms with Crippen molar-refractivity contribution in [2.75, 3.05) is 17.0 Å². The quantitative estimate of drug-likeness (QED) is 0.394. The van der Waals surface area contributed by atoms with Crippen molar-refractivity contribution in [3.05, 3.63) is 94.0 Å². The SMILES string of the molecule is Cc1cccc(CSCCNC(=O)c2ccc(Cl)c(S(=O)(=O)Nc3ccccc3C)c2)c1. The number of rotatable bonds is 9. The number of anilines is 1. The fourth-order valence-corrected chi connectivity index (χ4v) is 5.53. The second-order valence-electron chi connectivity index (χ2n) is 7.36. The van der Waals surface area contributed by atoms with Crippen LogP contribution in [0.3, 0.4) is 0 Å². The lowest BCUT2D eigenvalue weighted by Gasteiger charge is -2.13. The number of benzene rings is 3. The smallest absolute Gasteiger partial charge is 0.263 e. The summed E-state index contributed by atoms with van der Waals surface area (Å²) < 4.78 is 28.3. The number of thioether (sulfide) groups is 1. The predicted octanol–water partition coefficient (Wildman–Crippen LogP) is 5.42. The van der Waals surface area contributed by atoms with E-state index in [9.17, 15) is 13.2 Å². The number of hydrogen-bond donors (Lipinski definition) is 2. The number of amides is 1. The van der Waals surface area contributed by atoms with Gasteiger partial charge in [0.25, 0.3) is 15.9 Å². The highest BCUT2D eigenvalue weighted by atomic mass is 35.5. The molecular weight excluding hydrogens is 464 g/mol. The van der Waals surface area contributed by atoms with Crippen LogP contribution in [0.15, 0.2) is 71.6 Å². The highest BCUT2D eigenvalue weighted by Crippen LogP contribution is 2.26. The third-order valence-corrected chi connectivity index (χ3v) is 7.63. The number of para-hydroxylation sites is 1. The van der Waals surface area contributed by atoms with Crippen LogP contribution in [0.4, 0.5) is 5.69 Å². The third-order valence-electron chi connectivity index (χ3n) is 4.76. The van der Waals surface area contributed by atoms with Crippen LogP contribution in [0.5, 0.6) is 0 Å². The molecule has 0 unspecified atom stereocenters. The van der Waals surface area contributed by atoms with Gasteiger partial charge in [0, 0.05) is 23.6 Å². The molecule has 0 atom stereocenters. The maximum atomic E-state index is 12.9. The van der Waals surface area contributed by atoms with Gasteiger partial charge in [0.1, 0.15) is 4.90 Å². The molecule has 0 aliphatic carbocycles. The molecule has 0 saturated carbocycles. The fraction of sp³-hybridized carbons (Fsp3) is 0.208. The Labute approximate surface area is 198 Å². The molecule has 0 saturated heterocycles. The van der Waals surface area contributed by atoms with Gasteiger partial charge in [-0.25, -0.2) is 8.42 Å². The first-order valence-electron chi connectivity index (χ1n) is 10.1. The van der Waals surface area contributed by atoms with Crippen molar-refractivity contribution in [1.82, 2.24) is 5.32 Å². The standard InChI is InChI=1S/C24H25ClN2O3S2/c1-17-6-5-8-19(14-17)16-31-13-12-26-24(28)20-10-11-21(25)23(15-20)32(29,30)27-22-9-4-3-7-18(22)2/h3-11,14-15,27H,12-13,16H2,1-2H3,(H,26,28). The molecule has 0 radical (unpaired) electrons. The monoisotopic (exact) mass is 488 g/mol. The van der Waals surface area contributed by atoms with E-state index in [-0.39, 0.29) is 21.4 Å². The molecule has 0 aliphatic heterocycles.